The molecule has 1 heterocycles. The maximum atomic E-state index is 14.5. The Kier molecular flexibility index (Phi) is 21.6. The largest absolute Gasteiger partial charge is 0.494 e. The van der Waals surface area contributed by atoms with Gasteiger partial charge in [-0.25, -0.2) is 0 Å². The molecule has 0 unspecified atom stereocenters. The van der Waals surface area contributed by atoms with Gasteiger partial charge in [-0.2, -0.15) is 0 Å². The third-order valence-corrected chi connectivity index (χ3v) is 14.8. The molecular weight excluding hydrogens is 887 g/mol. The Bertz CT molecular complexity index is 1970. The maximum Gasteiger partial charge on any atom is 0.244 e. The zero-order valence-electron chi connectivity index (χ0n) is 38.1. The molecule has 0 aromatic heterocycles. The van der Waals surface area contributed by atoms with Crippen LogP contribution in [0, 0.1) is 5.92 Å². The summed E-state index contributed by atoms with van der Waals surface area (Å²) in [6, 6.07) is 8.49. The number of ether oxygens (including phenoxy) is 1. The molecular formula is C46H67N9O9S2. The van der Waals surface area contributed by atoms with Crippen molar-refractivity contribution in [2.45, 2.75) is 139 Å². The molecule has 0 radical (unpaired) electrons. The van der Waals surface area contributed by atoms with E-state index in [1.807, 2.05) is 13.0 Å². The van der Waals surface area contributed by atoms with Crippen molar-refractivity contribution >= 4 is 68.8 Å². The van der Waals surface area contributed by atoms with Crippen molar-refractivity contribution in [2.24, 2.45) is 23.1 Å². The molecule has 8 amide bonds. The van der Waals surface area contributed by atoms with Gasteiger partial charge >= 0.3 is 0 Å². The summed E-state index contributed by atoms with van der Waals surface area (Å²) >= 11 is 0. The summed E-state index contributed by atoms with van der Waals surface area (Å²) in [5.41, 5.74) is 18.3. The molecule has 1 aliphatic heterocycles. The lowest BCUT2D eigenvalue weighted by atomic mass is 9.85. The number of benzene rings is 2. The Morgan fingerprint density at radius 3 is 1.98 bits per heavy atom. The van der Waals surface area contributed by atoms with Crippen LogP contribution in [-0.4, -0.2) is 107 Å². The van der Waals surface area contributed by atoms with Crippen LogP contribution in [0.4, 0.5) is 0 Å². The highest BCUT2D eigenvalue weighted by Gasteiger charge is 2.39. The second-order valence-corrected chi connectivity index (χ2v) is 20.0. The van der Waals surface area contributed by atoms with Gasteiger partial charge in [0.2, 0.25) is 47.3 Å². The fraction of sp³-hybridized carbons (Fsp3) is 0.565. The zero-order valence-corrected chi connectivity index (χ0v) is 39.7. The second kappa shape index (κ2) is 26.7. The minimum Gasteiger partial charge on any atom is -0.494 e. The molecule has 2 aromatic carbocycles. The second-order valence-electron chi connectivity index (χ2n) is 17.2. The van der Waals surface area contributed by atoms with Gasteiger partial charge in [0.05, 0.1) is 13.0 Å². The molecule has 12 N–H and O–H groups in total. The number of hydrogen-bond acceptors (Lipinski definition) is 12. The van der Waals surface area contributed by atoms with E-state index < -0.39 is 101 Å². The lowest BCUT2D eigenvalue weighted by Crippen LogP contribution is -2.61. The van der Waals surface area contributed by atoms with E-state index >= 15 is 0 Å². The average Bonchev–Trinajstić information content (AvgIpc) is 3.27. The van der Waals surface area contributed by atoms with Gasteiger partial charge < -0.3 is 53.8 Å². The first kappa shape index (κ1) is 53.3. The molecule has 4 rings (SSSR count). The number of carbonyl (C=O) groups is 8. The Balaban J connectivity index is 1.77. The molecule has 1 spiro atoms. The van der Waals surface area contributed by atoms with E-state index in [2.05, 4.69) is 31.9 Å². The minimum absolute atomic E-state index is 0.0164. The third-order valence-electron chi connectivity index (χ3n) is 11.5. The van der Waals surface area contributed by atoms with Crippen molar-refractivity contribution in [3.63, 3.8) is 0 Å². The molecule has 0 bridgehead atoms. The Morgan fingerprint density at radius 2 is 1.38 bits per heavy atom. The van der Waals surface area contributed by atoms with Gasteiger partial charge in [0, 0.05) is 29.8 Å². The van der Waals surface area contributed by atoms with Crippen LogP contribution in [0.5, 0.6) is 5.75 Å². The SMILES string of the molecule is CCOc1ccc(C[C@H]2NC(=O)CC3(CCCCC3)SSC[C@H](C(=O)N[C@H](CCCCN)C(N)=O)NC(=O)[C@@H](CC(N)=O)NC(=O)[C@H](C(C)C)NC(=O)[C@@H](Cc3ccccc3)NC2=O)cc1. The van der Waals surface area contributed by atoms with E-state index in [9.17, 15) is 38.4 Å². The van der Waals surface area contributed by atoms with Crippen molar-refractivity contribution < 1.29 is 43.1 Å². The summed E-state index contributed by atoms with van der Waals surface area (Å²) in [6.07, 6.45) is 4.61. The summed E-state index contributed by atoms with van der Waals surface area (Å²) in [7, 11) is 2.65. The smallest absolute Gasteiger partial charge is 0.244 e. The maximum absolute atomic E-state index is 14.5. The lowest BCUT2D eigenvalue weighted by Gasteiger charge is -2.36. The molecule has 362 valence electrons. The standard InChI is InChI=1S/C46H67N9O9S2/c1-4-64-31-18-16-30(17-19-31)24-33-41(59)52-34(23-29-13-7-5-8-14-29)43(61)55-39(28(2)3)45(63)53-35(25-37(48)56)42(60)54-36(44(62)51-32(40(49)58)15-9-12-22-47)27-65-66-46(26-38(57)50-33)20-10-6-11-21-46/h5,7-8,13-14,16-19,28,32-36,39H,4,6,9-12,15,20-27,47H2,1-3H3,(H2,48,56)(H2,49,58)(H,50,57)(H,51,62)(H,52,59)(H,53,63)(H,54,60)(H,55,61)/t32-,33-,34-,35-,36-,39+/m1/s1. The molecule has 1 saturated heterocycles. The van der Waals surface area contributed by atoms with Crippen LogP contribution in [0.2, 0.25) is 0 Å². The van der Waals surface area contributed by atoms with Gasteiger partial charge in [0.1, 0.15) is 42.0 Å². The molecule has 18 nitrogen and oxygen atoms in total. The summed E-state index contributed by atoms with van der Waals surface area (Å²) in [6.45, 7) is 6.02. The van der Waals surface area contributed by atoms with E-state index in [1.54, 1.807) is 62.4 Å². The highest BCUT2D eigenvalue weighted by atomic mass is 33.1. The summed E-state index contributed by atoms with van der Waals surface area (Å²) in [4.78, 5) is 110. The summed E-state index contributed by atoms with van der Waals surface area (Å²) in [5, 5.41) is 16.4. The van der Waals surface area contributed by atoms with E-state index in [-0.39, 0.29) is 31.4 Å². The summed E-state index contributed by atoms with van der Waals surface area (Å²) < 4.78 is 4.98. The highest BCUT2D eigenvalue weighted by Crippen LogP contribution is 2.48. The van der Waals surface area contributed by atoms with Crippen LogP contribution in [-0.2, 0) is 51.2 Å². The summed E-state index contributed by atoms with van der Waals surface area (Å²) in [5.74, 6) is -5.96. The molecule has 6 atom stereocenters. The van der Waals surface area contributed by atoms with Crippen LogP contribution in [0.1, 0.15) is 96.1 Å². The number of nitrogens with one attached hydrogen (secondary N) is 6. The van der Waals surface area contributed by atoms with Crippen LogP contribution < -0.4 is 53.8 Å². The number of hydrogen-bond donors (Lipinski definition) is 9. The van der Waals surface area contributed by atoms with Crippen molar-refractivity contribution in [1.29, 1.82) is 0 Å². The van der Waals surface area contributed by atoms with E-state index in [0.29, 0.717) is 50.1 Å². The van der Waals surface area contributed by atoms with Gasteiger partial charge in [-0.15, -0.1) is 0 Å². The number of unbranched alkanes of at least 4 members (excludes halogenated alkanes) is 1. The number of nitrogens with two attached hydrogens (primary N) is 3. The lowest BCUT2D eigenvalue weighted by molar-refractivity contribution is -0.136. The molecule has 1 saturated carbocycles. The topological polar surface area (TPSA) is 296 Å². The minimum atomic E-state index is -1.58. The monoisotopic (exact) mass is 953 g/mol. The van der Waals surface area contributed by atoms with Crippen LogP contribution in [0.25, 0.3) is 0 Å². The Labute approximate surface area is 394 Å². The first-order valence-electron chi connectivity index (χ1n) is 22.7. The number of primary amides is 2. The van der Waals surface area contributed by atoms with E-state index in [0.717, 1.165) is 24.8 Å². The van der Waals surface area contributed by atoms with E-state index in [4.69, 9.17) is 21.9 Å². The van der Waals surface area contributed by atoms with Crippen LogP contribution in [0.15, 0.2) is 54.6 Å². The predicted octanol–water partition coefficient (Wildman–Crippen LogP) is 1.41. The molecule has 66 heavy (non-hydrogen) atoms. The normalized spacial score (nSPS) is 23.0. The number of amides is 8. The van der Waals surface area contributed by atoms with Crippen LogP contribution >= 0.6 is 21.6 Å². The van der Waals surface area contributed by atoms with Gasteiger partial charge in [0.15, 0.2) is 0 Å². The molecule has 2 aromatic rings. The Morgan fingerprint density at radius 1 is 0.773 bits per heavy atom. The third kappa shape index (κ3) is 17.1. The van der Waals surface area contributed by atoms with Crippen molar-refractivity contribution in [3.05, 3.63) is 65.7 Å². The molecule has 1 aliphatic carbocycles. The van der Waals surface area contributed by atoms with Gasteiger partial charge in [0.25, 0.3) is 0 Å². The Hall–Kier alpha value is -5.34. The highest BCUT2D eigenvalue weighted by molar-refractivity contribution is 8.77. The zero-order chi connectivity index (χ0) is 48.2. The van der Waals surface area contributed by atoms with Gasteiger partial charge in [-0.1, -0.05) is 97.2 Å². The molecule has 2 aliphatic rings. The van der Waals surface area contributed by atoms with E-state index in [1.165, 1.54) is 21.6 Å². The fourth-order valence-corrected chi connectivity index (χ4v) is 11.3. The fourth-order valence-electron chi connectivity index (χ4n) is 7.88. The first-order chi connectivity index (χ1) is 31.5. The predicted molar refractivity (Wildman–Crippen MR) is 254 cm³/mol. The average molecular weight is 954 g/mol. The van der Waals surface area contributed by atoms with Crippen molar-refractivity contribution in [2.75, 3.05) is 18.9 Å². The van der Waals surface area contributed by atoms with Crippen molar-refractivity contribution in [3.8, 4) is 5.75 Å². The van der Waals surface area contributed by atoms with Crippen LogP contribution in [0.3, 0.4) is 0 Å². The number of carbonyl (C=O) groups excluding carboxylic acids is 8. The molecule has 20 heteroatoms. The first-order valence-corrected chi connectivity index (χ1v) is 25.0. The van der Waals surface area contributed by atoms with Gasteiger partial charge in [-0.05, 0) is 74.8 Å². The quantitative estimate of drug-likeness (QED) is 0.0853. The number of rotatable bonds is 16. The molecule has 2 fully saturated rings. The van der Waals surface area contributed by atoms with Gasteiger partial charge in [-0.3, -0.25) is 38.4 Å². The van der Waals surface area contributed by atoms with Crippen molar-refractivity contribution in [1.82, 2.24) is 31.9 Å².